The van der Waals surface area contributed by atoms with E-state index in [1.165, 1.54) is 5.56 Å². The van der Waals surface area contributed by atoms with E-state index in [1.807, 2.05) is 30.3 Å². The lowest BCUT2D eigenvalue weighted by atomic mass is 10.3. The summed E-state index contributed by atoms with van der Waals surface area (Å²) in [6.45, 7) is 0. The number of rotatable bonds is 7. The molecule has 0 fully saturated rings. The molecule has 7 nitrogen and oxygen atoms in total. The smallest absolute Gasteiger partial charge is 0.247 e. The number of nitrogens with zero attached hydrogens (tertiary/aromatic N) is 3. The monoisotopic (exact) mass is 343 g/mol. The van der Waals surface area contributed by atoms with E-state index in [4.69, 9.17) is 9.47 Å². The van der Waals surface area contributed by atoms with E-state index < -0.39 is 0 Å². The van der Waals surface area contributed by atoms with E-state index in [9.17, 15) is 0 Å². The number of thioether (sulfide) groups is 1. The molecule has 0 spiro atoms. The molecule has 0 unspecified atom stereocenters. The van der Waals surface area contributed by atoms with Gasteiger partial charge in [0.15, 0.2) is 16.7 Å². The Morgan fingerprint density at radius 1 is 1.08 bits per heavy atom. The summed E-state index contributed by atoms with van der Waals surface area (Å²) in [5.41, 5.74) is 2.00. The predicted octanol–water partition coefficient (Wildman–Crippen LogP) is 3.25. The lowest BCUT2D eigenvalue weighted by Crippen LogP contribution is -1.95. The molecule has 124 valence electrons. The topological polar surface area (TPSA) is 85.0 Å². The van der Waals surface area contributed by atoms with Crippen LogP contribution in [0.4, 0.5) is 11.6 Å². The molecule has 0 saturated heterocycles. The van der Waals surface area contributed by atoms with Gasteiger partial charge in [-0.2, -0.15) is 4.98 Å². The SMILES string of the molecule is COc1ccc(Nc2n[nH]c(SCc3ccncc3)n2)cc1OC. The van der Waals surface area contributed by atoms with Gasteiger partial charge >= 0.3 is 0 Å². The Morgan fingerprint density at radius 2 is 1.88 bits per heavy atom. The van der Waals surface area contributed by atoms with Crippen molar-refractivity contribution in [3.8, 4) is 11.5 Å². The second-order valence-electron chi connectivity index (χ2n) is 4.80. The molecule has 2 heterocycles. The summed E-state index contributed by atoms with van der Waals surface area (Å²) >= 11 is 1.58. The van der Waals surface area contributed by atoms with Crippen LogP contribution in [0.2, 0.25) is 0 Å². The fourth-order valence-corrected chi connectivity index (χ4v) is 2.80. The van der Waals surface area contributed by atoms with Crippen LogP contribution in [0.3, 0.4) is 0 Å². The van der Waals surface area contributed by atoms with Gasteiger partial charge in [0.1, 0.15) is 0 Å². The number of aromatic amines is 1. The summed E-state index contributed by atoms with van der Waals surface area (Å²) in [7, 11) is 3.20. The second-order valence-corrected chi connectivity index (χ2v) is 5.77. The number of nitrogens with one attached hydrogen (secondary N) is 2. The summed E-state index contributed by atoms with van der Waals surface area (Å²) < 4.78 is 10.5. The lowest BCUT2D eigenvalue weighted by molar-refractivity contribution is 0.355. The first-order valence-electron chi connectivity index (χ1n) is 7.21. The maximum absolute atomic E-state index is 5.28. The Bertz CT molecular complexity index is 794. The Labute approximate surface area is 143 Å². The third-order valence-corrected chi connectivity index (χ3v) is 4.16. The lowest BCUT2D eigenvalue weighted by Gasteiger charge is -2.09. The van der Waals surface area contributed by atoms with Crippen LogP contribution >= 0.6 is 11.8 Å². The third kappa shape index (κ3) is 3.96. The molecular formula is C16H17N5O2S. The summed E-state index contributed by atoms with van der Waals surface area (Å²) in [5, 5.41) is 11.0. The van der Waals surface area contributed by atoms with E-state index in [0.717, 1.165) is 16.6 Å². The molecular weight excluding hydrogens is 326 g/mol. The largest absolute Gasteiger partial charge is 0.493 e. The van der Waals surface area contributed by atoms with E-state index in [-0.39, 0.29) is 0 Å². The van der Waals surface area contributed by atoms with E-state index in [0.29, 0.717) is 17.4 Å². The van der Waals surface area contributed by atoms with E-state index >= 15 is 0 Å². The van der Waals surface area contributed by atoms with Crippen molar-refractivity contribution in [2.75, 3.05) is 19.5 Å². The molecule has 2 N–H and O–H groups in total. The number of hydrogen-bond donors (Lipinski definition) is 2. The molecule has 0 aliphatic carbocycles. The molecule has 0 aliphatic rings. The molecule has 0 amide bonds. The van der Waals surface area contributed by atoms with Crippen molar-refractivity contribution >= 4 is 23.4 Å². The van der Waals surface area contributed by atoms with Gasteiger partial charge in [-0.1, -0.05) is 11.8 Å². The summed E-state index contributed by atoms with van der Waals surface area (Å²) in [4.78, 5) is 8.42. The van der Waals surface area contributed by atoms with Crippen molar-refractivity contribution in [2.24, 2.45) is 0 Å². The van der Waals surface area contributed by atoms with Gasteiger partial charge < -0.3 is 14.8 Å². The average molecular weight is 343 g/mol. The van der Waals surface area contributed by atoms with Crippen LogP contribution in [0.1, 0.15) is 5.56 Å². The second kappa shape index (κ2) is 7.69. The molecule has 3 aromatic rings. The summed E-state index contributed by atoms with van der Waals surface area (Å²) in [5.74, 6) is 2.62. The zero-order valence-electron chi connectivity index (χ0n) is 13.3. The number of aromatic nitrogens is 4. The third-order valence-electron chi connectivity index (χ3n) is 3.23. The number of ether oxygens (including phenoxy) is 2. The molecule has 0 aliphatic heterocycles. The van der Waals surface area contributed by atoms with Crippen molar-refractivity contribution in [1.29, 1.82) is 0 Å². The fraction of sp³-hybridized carbons (Fsp3) is 0.188. The van der Waals surface area contributed by atoms with Gasteiger partial charge in [-0.15, -0.1) is 5.10 Å². The predicted molar refractivity (Wildman–Crippen MR) is 93.0 cm³/mol. The van der Waals surface area contributed by atoms with Gasteiger partial charge in [-0.25, -0.2) is 0 Å². The maximum atomic E-state index is 5.28. The fourth-order valence-electron chi connectivity index (χ4n) is 2.04. The van der Waals surface area contributed by atoms with Crippen molar-refractivity contribution in [3.05, 3.63) is 48.3 Å². The maximum Gasteiger partial charge on any atom is 0.247 e. The Hall–Kier alpha value is -2.74. The molecule has 0 radical (unpaired) electrons. The number of pyridine rings is 1. The Balaban J connectivity index is 1.63. The molecule has 0 atom stereocenters. The molecule has 3 rings (SSSR count). The average Bonchev–Trinajstić information content (AvgIpc) is 3.08. The number of H-pyrrole nitrogens is 1. The highest BCUT2D eigenvalue weighted by atomic mass is 32.2. The van der Waals surface area contributed by atoms with Crippen LogP contribution in [-0.4, -0.2) is 34.4 Å². The number of benzene rings is 1. The molecule has 8 heteroatoms. The quantitative estimate of drug-likeness (QED) is 0.637. The van der Waals surface area contributed by atoms with Crippen molar-refractivity contribution in [3.63, 3.8) is 0 Å². The van der Waals surface area contributed by atoms with E-state index in [2.05, 4.69) is 25.5 Å². The molecule has 2 aromatic heterocycles. The highest BCUT2D eigenvalue weighted by Crippen LogP contribution is 2.30. The zero-order chi connectivity index (χ0) is 16.8. The minimum atomic E-state index is 0.499. The minimum absolute atomic E-state index is 0.499. The zero-order valence-corrected chi connectivity index (χ0v) is 14.1. The van der Waals surface area contributed by atoms with Crippen LogP contribution in [0.15, 0.2) is 47.9 Å². The first-order valence-corrected chi connectivity index (χ1v) is 8.20. The summed E-state index contributed by atoms with van der Waals surface area (Å²) in [6.07, 6.45) is 3.56. The van der Waals surface area contributed by atoms with Crippen LogP contribution in [0.25, 0.3) is 0 Å². The van der Waals surface area contributed by atoms with Crippen molar-refractivity contribution in [1.82, 2.24) is 20.2 Å². The van der Waals surface area contributed by atoms with Crippen LogP contribution in [0, 0.1) is 0 Å². The number of methoxy groups -OCH3 is 2. The van der Waals surface area contributed by atoms with Gasteiger partial charge in [0, 0.05) is 29.9 Å². The van der Waals surface area contributed by atoms with Gasteiger partial charge in [-0.3, -0.25) is 10.1 Å². The minimum Gasteiger partial charge on any atom is -0.493 e. The standard InChI is InChI=1S/C16H17N5O2S/c1-22-13-4-3-12(9-14(13)23-2)18-15-19-16(21-20-15)24-10-11-5-7-17-8-6-11/h3-9H,10H2,1-2H3,(H2,18,19,20,21). The summed E-state index contributed by atoms with van der Waals surface area (Å²) in [6, 6.07) is 9.49. The van der Waals surface area contributed by atoms with Crippen LogP contribution in [-0.2, 0) is 5.75 Å². The molecule has 0 bridgehead atoms. The van der Waals surface area contributed by atoms with Gasteiger partial charge in [0.2, 0.25) is 5.95 Å². The number of anilines is 2. The highest BCUT2D eigenvalue weighted by molar-refractivity contribution is 7.98. The molecule has 24 heavy (non-hydrogen) atoms. The Morgan fingerprint density at radius 3 is 2.62 bits per heavy atom. The van der Waals surface area contributed by atoms with E-state index in [1.54, 1.807) is 38.4 Å². The number of hydrogen-bond acceptors (Lipinski definition) is 7. The first-order chi connectivity index (χ1) is 11.8. The normalized spacial score (nSPS) is 10.4. The van der Waals surface area contributed by atoms with Gasteiger partial charge in [0.25, 0.3) is 0 Å². The molecule has 0 saturated carbocycles. The van der Waals surface area contributed by atoms with Crippen molar-refractivity contribution < 1.29 is 9.47 Å². The molecule has 1 aromatic carbocycles. The Kier molecular flexibility index (Phi) is 5.17. The first kappa shape index (κ1) is 16.1. The van der Waals surface area contributed by atoms with Gasteiger partial charge in [-0.05, 0) is 29.8 Å². The van der Waals surface area contributed by atoms with Crippen LogP contribution in [0.5, 0.6) is 11.5 Å². The van der Waals surface area contributed by atoms with Gasteiger partial charge in [0.05, 0.1) is 14.2 Å². The van der Waals surface area contributed by atoms with Crippen LogP contribution < -0.4 is 14.8 Å². The highest BCUT2D eigenvalue weighted by Gasteiger charge is 2.08. The van der Waals surface area contributed by atoms with Crippen molar-refractivity contribution in [2.45, 2.75) is 10.9 Å².